The van der Waals surface area contributed by atoms with Crippen LogP contribution in [0.3, 0.4) is 0 Å². The van der Waals surface area contributed by atoms with Gasteiger partial charge in [0.15, 0.2) is 11.6 Å². The van der Waals surface area contributed by atoms with Gasteiger partial charge in [-0.05, 0) is 56.6 Å². The smallest absolute Gasteiger partial charge is 0.257 e. The molecule has 190 valence electrons. The highest BCUT2D eigenvalue weighted by atomic mass is 16.2. The van der Waals surface area contributed by atoms with E-state index in [-0.39, 0.29) is 30.2 Å². The number of para-hydroxylation sites is 1. The molecule has 2 aliphatic rings. The zero-order valence-corrected chi connectivity index (χ0v) is 20.7. The van der Waals surface area contributed by atoms with Gasteiger partial charge in [-0.25, -0.2) is 4.98 Å². The van der Waals surface area contributed by atoms with Crippen molar-refractivity contribution in [3.8, 4) is 0 Å². The number of piperidine rings is 1. The molecule has 0 spiro atoms. The van der Waals surface area contributed by atoms with Crippen molar-refractivity contribution in [1.29, 1.82) is 0 Å². The fourth-order valence-corrected chi connectivity index (χ4v) is 5.13. The van der Waals surface area contributed by atoms with Crippen LogP contribution in [0, 0.1) is 0 Å². The average molecular weight is 498 g/mol. The molecule has 0 radical (unpaired) electrons. The Morgan fingerprint density at radius 3 is 2.68 bits per heavy atom. The zero-order valence-electron chi connectivity index (χ0n) is 20.7. The van der Waals surface area contributed by atoms with E-state index in [0.29, 0.717) is 41.4 Å². The summed E-state index contributed by atoms with van der Waals surface area (Å²) in [5, 5.41) is 6.17. The van der Waals surface area contributed by atoms with E-state index in [9.17, 15) is 14.4 Å². The van der Waals surface area contributed by atoms with E-state index in [2.05, 4.69) is 20.5 Å². The number of hydrogen-bond donors (Lipinski definition) is 2. The molecule has 2 aromatic carbocycles. The summed E-state index contributed by atoms with van der Waals surface area (Å²) in [4.78, 5) is 47.3. The Morgan fingerprint density at radius 2 is 1.81 bits per heavy atom. The standard InChI is InChI=1S/C29H31N5O3/c35-26(21-9-2-1-3-10-21)19-30-17-15-22-11-6-7-18-33(22)20-27(36)34-25-14-5-4-12-23(25)29(37)32-24-13-8-16-31-28(24)34/h1-5,8-10,12-14,16,22,30H,6-7,11,15,17-20H2,(H,32,37). The van der Waals surface area contributed by atoms with Crippen LogP contribution in [0.4, 0.5) is 17.2 Å². The number of amides is 2. The molecule has 2 N–H and O–H groups in total. The minimum Gasteiger partial charge on any atom is -0.319 e. The maximum atomic E-state index is 13.8. The topological polar surface area (TPSA) is 94.6 Å². The molecule has 0 bridgehead atoms. The second-order valence-corrected chi connectivity index (χ2v) is 9.45. The highest BCUT2D eigenvalue weighted by molar-refractivity contribution is 6.17. The monoisotopic (exact) mass is 497 g/mol. The van der Waals surface area contributed by atoms with Crippen LogP contribution in [0.1, 0.15) is 46.4 Å². The molecule has 1 unspecified atom stereocenters. The van der Waals surface area contributed by atoms with Crippen LogP contribution >= 0.6 is 0 Å². The summed E-state index contributed by atoms with van der Waals surface area (Å²) in [6.45, 7) is 2.06. The summed E-state index contributed by atoms with van der Waals surface area (Å²) >= 11 is 0. The van der Waals surface area contributed by atoms with Crippen molar-refractivity contribution in [1.82, 2.24) is 15.2 Å². The molecular formula is C29H31N5O3. The number of rotatable bonds is 8. The molecule has 2 aliphatic heterocycles. The first-order chi connectivity index (χ1) is 18.1. The predicted octanol–water partition coefficient (Wildman–Crippen LogP) is 4.03. The highest BCUT2D eigenvalue weighted by Crippen LogP contribution is 2.36. The number of carbonyl (C=O) groups excluding carboxylic acids is 3. The van der Waals surface area contributed by atoms with Crippen molar-refractivity contribution in [3.05, 3.63) is 84.1 Å². The molecule has 5 rings (SSSR count). The third kappa shape index (κ3) is 5.60. The molecular weight excluding hydrogens is 466 g/mol. The summed E-state index contributed by atoms with van der Waals surface area (Å²) in [5.41, 5.74) is 2.20. The fourth-order valence-electron chi connectivity index (χ4n) is 5.13. The molecule has 0 saturated carbocycles. The lowest BCUT2D eigenvalue weighted by molar-refractivity contribution is -0.120. The van der Waals surface area contributed by atoms with Crippen LogP contribution in [0.5, 0.6) is 0 Å². The molecule has 1 fully saturated rings. The first-order valence-electron chi connectivity index (χ1n) is 12.8. The predicted molar refractivity (Wildman–Crippen MR) is 143 cm³/mol. The molecule has 3 aromatic rings. The van der Waals surface area contributed by atoms with Crippen molar-refractivity contribution in [2.45, 2.75) is 31.7 Å². The van der Waals surface area contributed by atoms with E-state index in [1.54, 1.807) is 41.4 Å². The SMILES string of the molecule is O=C(CNCCC1CCCCN1CC(=O)N1c2ccccc2C(=O)Nc2cccnc21)c1ccccc1. The normalized spacial score (nSPS) is 17.4. The van der Waals surface area contributed by atoms with Gasteiger partial charge in [0.25, 0.3) is 5.91 Å². The van der Waals surface area contributed by atoms with Crippen molar-refractivity contribution >= 4 is 34.8 Å². The minimum absolute atomic E-state index is 0.0745. The number of fused-ring (bicyclic) bond motifs is 2. The molecule has 8 nitrogen and oxygen atoms in total. The lowest BCUT2D eigenvalue weighted by Crippen LogP contribution is -2.47. The number of ketones is 1. The molecule has 8 heteroatoms. The van der Waals surface area contributed by atoms with Gasteiger partial charge in [-0.2, -0.15) is 0 Å². The number of carbonyl (C=O) groups is 3. The van der Waals surface area contributed by atoms with E-state index in [1.807, 2.05) is 36.4 Å². The number of anilines is 3. The highest BCUT2D eigenvalue weighted by Gasteiger charge is 2.32. The lowest BCUT2D eigenvalue weighted by atomic mass is 9.99. The average Bonchev–Trinajstić information content (AvgIpc) is 3.06. The number of hydrogen-bond acceptors (Lipinski definition) is 6. The van der Waals surface area contributed by atoms with Crippen molar-refractivity contribution in [3.63, 3.8) is 0 Å². The second-order valence-electron chi connectivity index (χ2n) is 9.45. The van der Waals surface area contributed by atoms with Crippen LogP contribution in [0.2, 0.25) is 0 Å². The Hall–Kier alpha value is -3.88. The molecule has 37 heavy (non-hydrogen) atoms. The second kappa shape index (κ2) is 11.5. The number of pyridine rings is 1. The molecule has 3 heterocycles. The maximum absolute atomic E-state index is 13.8. The molecule has 1 aromatic heterocycles. The van der Waals surface area contributed by atoms with Gasteiger partial charge < -0.3 is 10.6 Å². The van der Waals surface area contributed by atoms with Gasteiger partial charge in [-0.3, -0.25) is 24.2 Å². The maximum Gasteiger partial charge on any atom is 0.257 e. The molecule has 2 amide bonds. The van der Waals surface area contributed by atoms with Gasteiger partial charge in [-0.1, -0.05) is 48.9 Å². The Balaban J connectivity index is 1.27. The third-order valence-corrected chi connectivity index (χ3v) is 7.01. The largest absolute Gasteiger partial charge is 0.319 e. The summed E-state index contributed by atoms with van der Waals surface area (Å²) in [6, 6.07) is 20.2. The first-order valence-corrected chi connectivity index (χ1v) is 12.8. The van der Waals surface area contributed by atoms with Gasteiger partial charge in [-0.15, -0.1) is 0 Å². The molecule has 1 saturated heterocycles. The first kappa shape index (κ1) is 24.8. The van der Waals surface area contributed by atoms with Gasteiger partial charge in [0.05, 0.1) is 30.0 Å². The van der Waals surface area contributed by atoms with Gasteiger partial charge in [0.1, 0.15) is 0 Å². The van der Waals surface area contributed by atoms with Gasteiger partial charge >= 0.3 is 0 Å². The number of likely N-dealkylation sites (tertiary alicyclic amines) is 1. The van der Waals surface area contributed by atoms with E-state index in [4.69, 9.17) is 0 Å². The van der Waals surface area contributed by atoms with E-state index in [1.165, 1.54) is 0 Å². The van der Waals surface area contributed by atoms with Crippen LogP contribution < -0.4 is 15.5 Å². The summed E-state index contributed by atoms with van der Waals surface area (Å²) < 4.78 is 0. The number of aromatic nitrogens is 1. The molecule has 1 atom stereocenters. The van der Waals surface area contributed by atoms with Crippen molar-refractivity contribution in [2.24, 2.45) is 0 Å². The van der Waals surface area contributed by atoms with Crippen LogP contribution in [-0.4, -0.2) is 59.7 Å². The lowest BCUT2D eigenvalue weighted by Gasteiger charge is -2.36. The van der Waals surface area contributed by atoms with Crippen LogP contribution in [-0.2, 0) is 4.79 Å². The summed E-state index contributed by atoms with van der Waals surface area (Å²) in [5.74, 6) is 0.126. The molecule has 0 aliphatic carbocycles. The van der Waals surface area contributed by atoms with Gasteiger partial charge in [0, 0.05) is 17.8 Å². The van der Waals surface area contributed by atoms with E-state index < -0.39 is 0 Å². The number of benzene rings is 2. The van der Waals surface area contributed by atoms with Gasteiger partial charge in [0.2, 0.25) is 5.91 Å². The zero-order chi connectivity index (χ0) is 25.6. The fraction of sp³-hybridized carbons (Fsp3) is 0.310. The van der Waals surface area contributed by atoms with Crippen LogP contribution in [0.25, 0.3) is 0 Å². The number of Topliss-reactive ketones (excluding diaryl/α,β-unsaturated/α-hetero) is 1. The summed E-state index contributed by atoms with van der Waals surface area (Å²) in [6.07, 6.45) is 5.64. The number of nitrogens with one attached hydrogen (secondary N) is 2. The Bertz CT molecular complexity index is 1280. The van der Waals surface area contributed by atoms with E-state index >= 15 is 0 Å². The Labute approximate surface area is 216 Å². The summed E-state index contributed by atoms with van der Waals surface area (Å²) in [7, 11) is 0. The minimum atomic E-state index is -0.257. The van der Waals surface area contributed by atoms with Crippen molar-refractivity contribution < 1.29 is 14.4 Å². The Morgan fingerprint density at radius 1 is 1.00 bits per heavy atom. The third-order valence-electron chi connectivity index (χ3n) is 7.01. The quantitative estimate of drug-likeness (QED) is 0.361. The van der Waals surface area contributed by atoms with Crippen LogP contribution in [0.15, 0.2) is 72.9 Å². The van der Waals surface area contributed by atoms with E-state index in [0.717, 1.165) is 32.2 Å². The number of nitrogens with zero attached hydrogens (tertiary/aromatic N) is 3. The van der Waals surface area contributed by atoms with Crippen molar-refractivity contribution in [2.75, 3.05) is 36.4 Å². The Kier molecular flexibility index (Phi) is 7.67.